The summed E-state index contributed by atoms with van der Waals surface area (Å²) in [6, 6.07) is 7.20. The van der Waals surface area contributed by atoms with Crippen LogP contribution in [0, 0.1) is 0 Å². The molecule has 2 aliphatic rings. The molecule has 0 unspecified atom stereocenters. The van der Waals surface area contributed by atoms with E-state index in [-0.39, 0.29) is 5.78 Å². The van der Waals surface area contributed by atoms with E-state index in [1.807, 2.05) is 12.1 Å². The number of hydrogen-bond donors (Lipinski definition) is 2. The summed E-state index contributed by atoms with van der Waals surface area (Å²) in [6.07, 6.45) is 2.31. The predicted octanol–water partition coefficient (Wildman–Crippen LogP) is 1.83. The second-order valence-corrected chi connectivity index (χ2v) is 4.71. The number of piperidine rings is 1. The number of carbonyl (C=O) groups excluding carboxylic acids is 1. The van der Waals surface area contributed by atoms with Crippen LogP contribution in [0.5, 0.6) is 5.75 Å². The van der Waals surface area contributed by atoms with Gasteiger partial charge in [0.1, 0.15) is 11.4 Å². The fraction of sp³-hybridized carbons (Fsp3) is 0.357. The zero-order valence-electron chi connectivity index (χ0n) is 9.98. The maximum Gasteiger partial charge on any atom is 0.199 e. The van der Waals surface area contributed by atoms with Crippen molar-refractivity contribution in [3.05, 3.63) is 41.7 Å². The minimum absolute atomic E-state index is 0.124. The largest absolute Gasteiger partial charge is 0.515 e. The van der Waals surface area contributed by atoms with Crippen molar-refractivity contribution in [2.24, 2.45) is 0 Å². The minimum Gasteiger partial charge on any atom is -0.515 e. The molecule has 2 aliphatic heterocycles. The van der Waals surface area contributed by atoms with Crippen LogP contribution < -0.4 is 10.1 Å². The van der Waals surface area contributed by atoms with Crippen molar-refractivity contribution < 1.29 is 14.6 Å². The Morgan fingerprint density at radius 3 is 2.72 bits per heavy atom. The molecule has 1 saturated heterocycles. The Hall–Kier alpha value is -1.81. The van der Waals surface area contributed by atoms with Crippen LogP contribution in [0.1, 0.15) is 23.2 Å². The molecular formula is C14H15NO3. The maximum atomic E-state index is 12.4. The molecule has 0 saturated carbocycles. The van der Waals surface area contributed by atoms with Crippen molar-refractivity contribution in [1.29, 1.82) is 0 Å². The molecule has 4 heteroatoms. The number of aliphatic hydroxyl groups is 1. The van der Waals surface area contributed by atoms with Crippen LogP contribution in [-0.2, 0) is 0 Å². The Balaban J connectivity index is 2.11. The van der Waals surface area contributed by atoms with Gasteiger partial charge in [0.15, 0.2) is 5.78 Å². The molecule has 0 amide bonds. The molecule has 1 spiro atoms. The lowest BCUT2D eigenvalue weighted by atomic mass is 9.79. The van der Waals surface area contributed by atoms with Crippen molar-refractivity contribution in [2.45, 2.75) is 18.4 Å². The van der Waals surface area contributed by atoms with E-state index in [0.717, 1.165) is 19.4 Å². The maximum absolute atomic E-state index is 12.4. The topological polar surface area (TPSA) is 58.6 Å². The molecule has 0 aliphatic carbocycles. The van der Waals surface area contributed by atoms with E-state index >= 15 is 0 Å². The van der Waals surface area contributed by atoms with Gasteiger partial charge in [-0.2, -0.15) is 0 Å². The highest BCUT2D eigenvalue weighted by Crippen LogP contribution is 2.41. The van der Waals surface area contributed by atoms with Crippen molar-refractivity contribution in [3.63, 3.8) is 0 Å². The molecule has 0 radical (unpaired) electrons. The van der Waals surface area contributed by atoms with Gasteiger partial charge in [0, 0.05) is 12.8 Å². The fourth-order valence-electron chi connectivity index (χ4n) is 2.74. The monoisotopic (exact) mass is 245 g/mol. The molecular weight excluding hydrogens is 230 g/mol. The Labute approximate surface area is 105 Å². The number of nitrogens with one attached hydrogen (secondary N) is 1. The average Bonchev–Trinajstić information content (AvgIpc) is 2.40. The molecule has 0 atom stereocenters. The first kappa shape index (κ1) is 11.3. The van der Waals surface area contributed by atoms with Crippen LogP contribution in [0.25, 0.3) is 0 Å². The van der Waals surface area contributed by atoms with Crippen molar-refractivity contribution in [1.82, 2.24) is 5.32 Å². The highest BCUT2D eigenvalue weighted by atomic mass is 16.5. The Morgan fingerprint density at radius 1 is 1.28 bits per heavy atom. The number of Topliss-reactive ketones (excluding diaryl/α,β-unsaturated/α-hetero) is 1. The average molecular weight is 245 g/mol. The van der Waals surface area contributed by atoms with Gasteiger partial charge in [-0.25, -0.2) is 0 Å². The molecule has 3 rings (SSSR count). The number of ether oxygens (including phenoxy) is 1. The zero-order valence-corrected chi connectivity index (χ0v) is 9.98. The van der Waals surface area contributed by atoms with E-state index < -0.39 is 5.60 Å². The number of ketones is 1. The molecule has 94 valence electrons. The summed E-state index contributed by atoms with van der Waals surface area (Å²) in [4.78, 5) is 12.4. The van der Waals surface area contributed by atoms with Crippen molar-refractivity contribution in [3.8, 4) is 5.75 Å². The normalized spacial score (nSPS) is 23.8. The lowest BCUT2D eigenvalue weighted by molar-refractivity contribution is 0.0517. The first-order valence-corrected chi connectivity index (χ1v) is 6.15. The summed E-state index contributed by atoms with van der Waals surface area (Å²) < 4.78 is 6.05. The minimum atomic E-state index is -0.661. The van der Waals surface area contributed by atoms with Crippen LogP contribution in [0.4, 0.5) is 0 Å². The van der Waals surface area contributed by atoms with Gasteiger partial charge in [-0.15, -0.1) is 0 Å². The highest BCUT2D eigenvalue weighted by Gasteiger charge is 2.46. The number of para-hydroxylation sites is 1. The van der Waals surface area contributed by atoms with Gasteiger partial charge in [0.25, 0.3) is 0 Å². The molecule has 0 aromatic heterocycles. The van der Waals surface area contributed by atoms with Crippen LogP contribution in [0.2, 0.25) is 0 Å². The van der Waals surface area contributed by atoms with E-state index in [2.05, 4.69) is 5.32 Å². The Bertz CT molecular complexity index is 516. The number of carbonyl (C=O) groups is 1. The second kappa shape index (κ2) is 4.14. The van der Waals surface area contributed by atoms with Gasteiger partial charge in [-0.05, 0) is 25.2 Å². The second-order valence-electron chi connectivity index (χ2n) is 4.71. The number of fused-ring (bicyclic) bond motifs is 1. The number of aliphatic hydroxyl groups excluding tert-OH is 1. The smallest absolute Gasteiger partial charge is 0.199 e. The van der Waals surface area contributed by atoms with E-state index in [9.17, 15) is 9.90 Å². The number of rotatable bonds is 0. The standard InChI is InChI=1S/C14H15NO3/c16-9-11-13(17)10-3-1-2-4-12(10)18-14(11)5-7-15-8-6-14/h1-4,9,15-16H,5-8H2. The van der Waals surface area contributed by atoms with E-state index in [1.165, 1.54) is 0 Å². The SMILES string of the molecule is O=C1C(=CO)C2(CCNCC2)Oc2ccccc21. The Morgan fingerprint density at radius 2 is 2.00 bits per heavy atom. The van der Waals surface area contributed by atoms with Crippen molar-refractivity contribution in [2.75, 3.05) is 13.1 Å². The lowest BCUT2D eigenvalue weighted by Gasteiger charge is -2.42. The van der Waals surface area contributed by atoms with Gasteiger partial charge in [-0.3, -0.25) is 4.79 Å². The zero-order chi connectivity index (χ0) is 12.6. The molecule has 1 aromatic rings. The molecule has 1 fully saturated rings. The predicted molar refractivity (Wildman–Crippen MR) is 66.9 cm³/mol. The highest BCUT2D eigenvalue weighted by molar-refractivity contribution is 6.12. The third kappa shape index (κ3) is 1.53. The Kier molecular flexibility index (Phi) is 2.59. The van der Waals surface area contributed by atoms with E-state index in [1.54, 1.807) is 12.1 Å². The molecule has 2 N–H and O–H groups in total. The fourth-order valence-corrected chi connectivity index (χ4v) is 2.74. The molecule has 1 aromatic carbocycles. The first-order valence-electron chi connectivity index (χ1n) is 6.15. The third-order valence-electron chi connectivity index (χ3n) is 3.71. The molecule has 18 heavy (non-hydrogen) atoms. The summed E-state index contributed by atoms with van der Waals surface area (Å²) in [5.41, 5.74) is 0.246. The van der Waals surface area contributed by atoms with E-state index in [0.29, 0.717) is 29.7 Å². The summed E-state index contributed by atoms with van der Waals surface area (Å²) in [5, 5.41) is 12.7. The van der Waals surface area contributed by atoms with Crippen molar-refractivity contribution >= 4 is 5.78 Å². The first-order chi connectivity index (χ1) is 8.77. The van der Waals surface area contributed by atoms with Gasteiger partial charge >= 0.3 is 0 Å². The number of hydrogen-bond acceptors (Lipinski definition) is 4. The summed E-state index contributed by atoms with van der Waals surface area (Å²) >= 11 is 0. The summed E-state index contributed by atoms with van der Waals surface area (Å²) in [6.45, 7) is 1.57. The third-order valence-corrected chi connectivity index (χ3v) is 3.71. The summed E-state index contributed by atoms with van der Waals surface area (Å²) in [7, 11) is 0. The number of benzene rings is 1. The molecule has 2 heterocycles. The van der Waals surface area contributed by atoms with Crippen LogP contribution in [0.3, 0.4) is 0 Å². The molecule has 0 bridgehead atoms. The van der Waals surface area contributed by atoms with E-state index in [4.69, 9.17) is 4.74 Å². The summed E-state index contributed by atoms with van der Waals surface area (Å²) in [5.74, 6) is 0.497. The van der Waals surface area contributed by atoms with Gasteiger partial charge < -0.3 is 15.2 Å². The van der Waals surface area contributed by atoms with Gasteiger partial charge in [-0.1, -0.05) is 12.1 Å². The van der Waals surface area contributed by atoms with Gasteiger partial charge in [0.05, 0.1) is 17.4 Å². The molecule has 4 nitrogen and oxygen atoms in total. The van der Waals surface area contributed by atoms with Crippen LogP contribution >= 0.6 is 0 Å². The van der Waals surface area contributed by atoms with Crippen LogP contribution in [-0.4, -0.2) is 29.6 Å². The van der Waals surface area contributed by atoms with Crippen LogP contribution in [0.15, 0.2) is 36.1 Å². The lowest BCUT2D eigenvalue weighted by Crippen LogP contribution is -2.51. The quantitative estimate of drug-likeness (QED) is 0.541. The van der Waals surface area contributed by atoms with Gasteiger partial charge in [0.2, 0.25) is 0 Å².